The van der Waals surface area contributed by atoms with Crippen LogP contribution >= 0.6 is 0 Å². The summed E-state index contributed by atoms with van der Waals surface area (Å²) in [5.74, 6) is -2.29. The number of nitrogens with zero attached hydrogens (tertiary/aromatic N) is 2. The zero-order valence-electron chi connectivity index (χ0n) is 32.9. The summed E-state index contributed by atoms with van der Waals surface area (Å²) < 4.78 is 21.9. The minimum atomic E-state index is -3.07. The molecule has 0 radical (unpaired) electrons. The first-order chi connectivity index (χ1) is 26.6. The number of carbonyl (C=O) groups excluding carboxylic acids is 2. The maximum Gasteiger partial charge on any atom is 1.00 e. The van der Waals surface area contributed by atoms with Gasteiger partial charge in [-0.1, -0.05) is 24.8 Å². The zero-order chi connectivity index (χ0) is 39.8. The normalized spacial score (nSPS) is 22.7. The van der Waals surface area contributed by atoms with Crippen LogP contribution in [0.4, 0.5) is 0 Å². The van der Waals surface area contributed by atoms with E-state index in [-0.39, 0.29) is 142 Å². The summed E-state index contributed by atoms with van der Waals surface area (Å²) in [6, 6.07) is 6.96. The van der Waals surface area contributed by atoms with E-state index in [9.17, 15) is 49.5 Å². The summed E-state index contributed by atoms with van der Waals surface area (Å²) in [5.41, 5.74) is 0.762. The van der Waals surface area contributed by atoms with Crippen molar-refractivity contribution in [1.29, 1.82) is 0 Å². The van der Waals surface area contributed by atoms with Crippen LogP contribution in [0.1, 0.15) is 70.4 Å². The SMILES string of the molecule is O=C(O)c1c(OC2CN(C(=O)C[C@@H]3CCCN3)C2)ccc2c1O[B-](O)(O)CC2.O=C(O)c1c(OC2CN(C(=O)C[C@@H]3CCCN3)C2)ccc2c1O[B-](O)(O)CC2.[Na+].[Na+]. The Hall–Kier alpha value is -2.59. The van der Waals surface area contributed by atoms with E-state index in [0.29, 0.717) is 63.0 Å². The summed E-state index contributed by atoms with van der Waals surface area (Å²) >= 11 is 0. The standard InChI is InChI=1S/2C18H24BN2O7.2Na/c2*22-15(8-12-2-1-7-20-12)21-9-13(10-21)27-14-4-3-11-5-6-19(25,26)28-17(11)16(14)18(23)24;;/h2*3-4,12-13,20,25-26H,1-2,5-10H2,(H,23,24);;/q2*-1;2*+1/t2*12-;;/m00../s1. The van der Waals surface area contributed by atoms with Gasteiger partial charge in [0.15, 0.2) is 0 Å². The van der Waals surface area contributed by atoms with Crippen LogP contribution in [0, 0.1) is 0 Å². The minimum absolute atomic E-state index is 0. The molecule has 6 heterocycles. The average molecular weight is 828 g/mol. The molecule has 0 saturated carbocycles. The van der Waals surface area contributed by atoms with E-state index in [2.05, 4.69) is 10.6 Å². The van der Waals surface area contributed by atoms with Crippen LogP contribution in [0.3, 0.4) is 0 Å². The molecule has 0 spiro atoms. The van der Waals surface area contributed by atoms with Crippen LogP contribution in [-0.4, -0.2) is 141 Å². The molecule has 4 fully saturated rings. The monoisotopic (exact) mass is 828 g/mol. The summed E-state index contributed by atoms with van der Waals surface area (Å²) in [6.45, 7) is -2.65. The average Bonchev–Trinajstić information content (AvgIpc) is 3.81. The summed E-state index contributed by atoms with van der Waals surface area (Å²) in [7, 11) is 0. The third kappa shape index (κ3) is 11.0. The molecule has 8 N–H and O–H groups in total. The van der Waals surface area contributed by atoms with Crippen molar-refractivity contribution in [2.45, 2.75) is 88.3 Å². The van der Waals surface area contributed by atoms with E-state index < -0.39 is 25.4 Å². The van der Waals surface area contributed by atoms with Crippen molar-refractivity contribution in [3.8, 4) is 23.0 Å². The fourth-order valence-electron chi connectivity index (χ4n) is 8.00. The maximum absolute atomic E-state index is 12.3. The Kier molecular flexibility index (Phi) is 15.6. The van der Waals surface area contributed by atoms with Crippen LogP contribution in [0.15, 0.2) is 24.3 Å². The van der Waals surface area contributed by atoms with Crippen molar-refractivity contribution >= 4 is 37.3 Å². The number of aromatic carboxylic acids is 2. The molecule has 22 heteroatoms. The first kappa shape index (κ1) is 46.5. The van der Waals surface area contributed by atoms with Crippen LogP contribution in [0.5, 0.6) is 23.0 Å². The molecule has 304 valence electrons. The Labute approximate surface area is 379 Å². The van der Waals surface area contributed by atoms with Gasteiger partial charge in [-0.2, -0.15) is 0 Å². The smallest absolute Gasteiger partial charge is 0.669 e. The second-order valence-corrected chi connectivity index (χ2v) is 15.6. The summed E-state index contributed by atoms with van der Waals surface area (Å²) in [4.78, 5) is 51.5. The Morgan fingerprint density at radius 2 is 1.03 bits per heavy atom. The van der Waals surface area contributed by atoms with Crippen molar-refractivity contribution in [3.05, 3.63) is 46.5 Å². The fourth-order valence-corrected chi connectivity index (χ4v) is 8.00. The van der Waals surface area contributed by atoms with Gasteiger partial charge < -0.3 is 69.5 Å². The van der Waals surface area contributed by atoms with E-state index in [1.807, 2.05) is 0 Å². The van der Waals surface area contributed by atoms with Crippen LogP contribution in [-0.2, 0) is 22.4 Å². The molecule has 0 aliphatic carbocycles. The topological polar surface area (TPSA) is 257 Å². The second-order valence-electron chi connectivity index (χ2n) is 15.6. The molecule has 6 aliphatic rings. The molecule has 2 amide bonds. The maximum atomic E-state index is 12.3. The number of carboxylic acid groups (broad SMARTS) is 2. The minimum Gasteiger partial charge on any atom is -0.669 e. The Morgan fingerprint density at radius 3 is 1.36 bits per heavy atom. The van der Waals surface area contributed by atoms with Gasteiger partial charge in [0.25, 0.3) is 0 Å². The molecular formula is C36H48B2N4Na2O14. The first-order valence-corrected chi connectivity index (χ1v) is 19.4. The number of hydrogen-bond acceptors (Lipinski definition) is 14. The number of likely N-dealkylation sites (tertiary alicyclic amines) is 2. The molecule has 58 heavy (non-hydrogen) atoms. The molecule has 8 rings (SSSR count). The fraction of sp³-hybridized carbons (Fsp3) is 0.556. The van der Waals surface area contributed by atoms with Gasteiger partial charge in [0, 0.05) is 24.9 Å². The first-order valence-electron chi connectivity index (χ1n) is 19.4. The predicted octanol–water partition coefficient (Wildman–Crippen LogP) is -6.04. The van der Waals surface area contributed by atoms with E-state index in [1.165, 1.54) is 0 Å². The molecule has 4 saturated heterocycles. The van der Waals surface area contributed by atoms with Gasteiger partial charge in [-0.25, -0.2) is 9.59 Å². The Morgan fingerprint density at radius 1 is 0.655 bits per heavy atom. The number of carboxylic acids is 2. The molecule has 2 atom stereocenters. The largest absolute Gasteiger partial charge is 1.00 e. The molecule has 2 aromatic rings. The van der Waals surface area contributed by atoms with Gasteiger partial charge in [0.1, 0.15) is 34.8 Å². The van der Waals surface area contributed by atoms with Crippen LogP contribution in [0.25, 0.3) is 0 Å². The number of rotatable bonds is 10. The van der Waals surface area contributed by atoms with Crippen LogP contribution < -0.4 is 88.5 Å². The van der Waals surface area contributed by atoms with Gasteiger partial charge in [-0.15, -0.1) is 0 Å². The third-order valence-electron chi connectivity index (χ3n) is 11.2. The molecular weight excluding hydrogens is 780 g/mol. The number of ether oxygens (including phenoxy) is 2. The summed E-state index contributed by atoms with van der Waals surface area (Å²) in [5, 5.41) is 64.9. The number of hydrogen-bond donors (Lipinski definition) is 8. The molecule has 0 aromatic heterocycles. The van der Waals surface area contributed by atoms with Gasteiger partial charge in [-0.3, -0.25) is 9.59 Å². The third-order valence-corrected chi connectivity index (χ3v) is 11.2. The number of aryl methyl sites for hydroxylation is 2. The number of amides is 2. The van der Waals surface area contributed by atoms with E-state index in [1.54, 1.807) is 34.1 Å². The Balaban J connectivity index is 0.000000214. The quantitative estimate of drug-likeness (QED) is 0.104. The van der Waals surface area contributed by atoms with E-state index in [4.69, 9.17) is 18.8 Å². The zero-order valence-corrected chi connectivity index (χ0v) is 36.9. The van der Waals surface area contributed by atoms with Gasteiger partial charge in [0.05, 0.1) is 37.7 Å². The van der Waals surface area contributed by atoms with Crippen molar-refractivity contribution in [1.82, 2.24) is 20.4 Å². The molecule has 18 nitrogen and oxygen atoms in total. The predicted molar refractivity (Wildman–Crippen MR) is 199 cm³/mol. The number of fused-ring (bicyclic) bond motifs is 2. The van der Waals surface area contributed by atoms with Crippen LogP contribution in [0.2, 0.25) is 12.6 Å². The number of benzene rings is 2. The second kappa shape index (κ2) is 19.4. The molecule has 6 aliphatic heterocycles. The van der Waals surface area contributed by atoms with Gasteiger partial charge in [-0.05, 0) is 74.9 Å². The number of nitrogens with one attached hydrogen (secondary N) is 2. The van der Waals surface area contributed by atoms with E-state index >= 15 is 0 Å². The van der Waals surface area contributed by atoms with Crippen molar-refractivity contribution in [2.75, 3.05) is 39.3 Å². The van der Waals surface area contributed by atoms with Gasteiger partial charge >= 0.3 is 84.6 Å². The van der Waals surface area contributed by atoms with E-state index in [0.717, 1.165) is 38.8 Å². The molecule has 0 bridgehead atoms. The molecule has 2 aromatic carbocycles. The summed E-state index contributed by atoms with van der Waals surface area (Å²) in [6.07, 6.45) is 5.17. The van der Waals surface area contributed by atoms with Crippen molar-refractivity contribution < 1.29 is 127 Å². The molecule has 0 unspecified atom stereocenters. The number of carbonyl (C=O) groups is 4. The van der Waals surface area contributed by atoms with Crippen molar-refractivity contribution in [2.24, 2.45) is 0 Å². The van der Waals surface area contributed by atoms with Gasteiger partial charge in [0.2, 0.25) is 11.8 Å². The Bertz CT molecular complexity index is 1720. The van der Waals surface area contributed by atoms with Crippen molar-refractivity contribution in [3.63, 3.8) is 0 Å².